The fourth-order valence-electron chi connectivity index (χ4n) is 3.55. The number of hydrogen-bond acceptors (Lipinski definition) is 5. The van der Waals surface area contributed by atoms with Gasteiger partial charge in [-0.2, -0.15) is 5.10 Å². The van der Waals surface area contributed by atoms with Crippen LogP contribution in [0.3, 0.4) is 0 Å². The van der Waals surface area contributed by atoms with E-state index in [1.165, 1.54) is 17.1 Å². The molecule has 0 saturated heterocycles. The molecule has 0 aliphatic rings. The van der Waals surface area contributed by atoms with Gasteiger partial charge in [-0.3, -0.25) is 14.2 Å². The highest BCUT2D eigenvalue weighted by molar-refractivity contribution is 5.90. The standard InChI is InChI=1S/C26H21N5O3/c32-24(29-20-11-13-22(14-12-20)34-17-19-7-3-1-4-8-19)16-30-18-27-25-23(26(30)33)15-28-31(25)21-9-5-2-6-10-21/h1-15,18H,16-17H2,(H,29,32). The Kier molecular flexibility index (Phi) is 5.85. The Morgan fingerprint density at radius 2 is 1.62 bits per heavy atom. The minimum Gasteiger partial charge on any atom is -0.489 e. The Labute approximate surface area is 195 Å². The van der Waals surface area contributed by atoms with Crippen molar-refractivity contribution in [2.75, 3.05) is 5.32 Å². The summed E-state index contributed by atoms with van der Waals surface area (Å²) in [5.41, 5.74) is 2.60. The number of hydrogen-bond donors (Lipinski definition) is 1. The fraction of sp³-hybridized carbons (Fsp3) is 0.0769. The first kappa shape index (κ1) is 21.1. The minimum absolute atomic E-state index is 0.162. The quantitative estimate of drug-likeness (QED) is 0.406. The number of fused-ring (bicyclic) bond motifs is 1. The molecule has 0 bridgehead atoms. The topological polar surface area (TPSA) is 91.0 Å². The Balaban J connectivity index is 1.24. The molecule has 0 fully saturated rings. The number of amides is 1. The number of para-hydroxylation sites is 1. The van der Waals surface area contributed by atoms with Gasteiger partial charge in [0.1, 0.15) is 30.6 Å². The summed E-state index contributed by atoms with van der Waals surface area (Å²) < 4.78 is 8.63. The summed E-state index contributed by atoms with van der Waals surface area (Å²) in [5, 5.41) is 7.43. The van der Waals surface area contributed by atoms with Crippen LogP contribution in [0.25, 0.3) is 16.7 Å². The molecule has 8 heteroatoms. The maximum atomic E-state index is 12.9. The number of rotatable bonds is 7. The molecule has 0 aliphatic heterocycles. The van der Waals surface area contributed by atoms with Crippen molar-refractivity contribution in [2.45, 2.75) is 13.2 Å². The largest absolute Gasteiger partial charge is 0.489 e. The molecule has 8 nitrogen and oxygen atoms in total. The lowest BCUT2D eigenvalue weighted by Crippen LogP contribution is -2.27. The van der Waals surface area contributed by atoms with Crippen LogP contribution in [0.1, 0.15) is 5.56 Å². The smallest absolute Gasteiger partial charge is 0.264 e. The number of carbonyl (C=O) groups excluding carboxylic acids is 1. The summed E-state index contributed by atoms with van der Waals surface area (Å²) >= 11 is 0. The van der Waals surface area contributed by atoms with Crippen LogP contribution in [0.2, 0.25) is 0 Å². The molecule has 0 spiro atoms. The Hall–Kier alpha value is -4.72. The van der Waals surface area contributed by atoms with E-state index in [2.05, 4.69) is 15.4 Å². The summed E-state index contributed by atoms with van der Waals surface area (Å²) in [6, 6.07) is 26.4. The van der Waals surface area contributed by atoms with Gasteiger partial charge >= 0.3 is 0 Å². The SMILES string of the molecule is O=C(Cn1cnc2c(cnn2-c2ccccc2)c1=O)Nc1ccc(OCc2ccccc2)cc1. The third-order valence-electron chi connectivity index (χ3n) is 5.26. The summed E-state index contributed by atoms with van der Waals surface area (Å²) in [6.45, 7) is 0.302. The van der Waals surface area contributed by atoms with Gasteiger partial charge in [0, 0.05) is 5.69 Å². The third kappa shape index (κ3) is 4.56. The molecule has 3 aromatic carbocycles. The van der Waals surface area contributed by atoms with Crippen LogP contribution in [0.4, 0.5) is 5.69 Å². The van der Waals surface area contributed by atoms with Crippen LogP contribution >= 0.6 is 0 Å². The van der Waals surface area contributed by atoms with Gasteiger partial charge in [-0.1, -0.05) is 48.5 Å². The van der Waals surface area contributed by atoms with Crippen LogP contribution in [-0.2, 0) is 17.9 Å². The molecule has 168 valence electrons. The van der Waals surface area contributed by atoms with Crippen molar-refractivity contribution in [2.24, 2.45) is 0 Å². The number of carbonyl (C=O) groups is 1. The Morgan fingerprint density at radius 3 is 2.35 bits per heavy atom. The van der Waals surface area contributed by atoms with E-state index in [4.69, 9.17) is 4.74 Å². The second kappa shape index (κ2) is 9.41. The molecule has 34 heavy (non-hydrogen) atoms. The van der Waals surface area contributed by atoms with Crippen LogP contribution in [-0.4, -0.2) is 25.2 Å². The lowest BCUT2D eigenvalue weighted by Gasteiger charge is -2.09. The molecule has 0 saturated carbocycles. The molecule has 5 rings (SSSR count). The molecular formula is C26H21N5O3. The summed E-state index contributed by atoms with van der Waals surface area (Å²) in [4.78, 5) is 29.8. The van der Waals surface area contributed by atoms with E-state index in [9.17, 15) is 9.59 Å². The van der Waals surface area contributed by atoms with E-state index >= 15 is 0 Å². The minimum atomic E-state index is -0.336. The van der Waals surface area contributed by atoms with Crippen LogP contribution in [0, 0.1) is 0 Å². The van der Waals surface area contributed by atoms with Gasteiger partial charge in [0.2, 0.25) is 5.91 Å². The number of nitrogens with zero attached hydrogens (tertiary/aromatic N) is 4. The average Bonchev–Trinajstić information content (AvgIpc) is 3.31. The number of nitrogens with one attached hydrogen (secondary N) is 1. The van der Waals surface area contributed by atoms with E-state index < -0.39 is 0 Å². The molecule has 5 aromatic rings. The summed E-state index contributed by atoms with van der Waals surface area (Å²) in [6.07, 6.45) is 2.84. The molecular weight excluding hydrogens is 430 g/mol. The predicted octanol–water partition coefficient (Wildman–Crippen LogP) is 3.80. The molecule has 2 heterocycles. The van der Waals surface area contributed by atoms with Gasteiger partial charge in [0.25, 0.3) is 5.56 Å². The van der Waals surface area contributed by atoms with Gasteiger partial charge in [0.05, 0.1) is 11.9 Å². The van der Waals surface area contributed by atoms with Crippen LogP contribution < -0.4 is 15.6 Å². The molecule has 1 amide bonds. The lowest BCUT2D eigenvalue weighted by atomic mass is 10.2. The third-order valence-corrected chi connectivity index (χ3v) is 5.26. The number of ether oxygens (including phenoxy) is 1. The van der Waals surface area contributed by atoms with E-state index in [-0.39, 0.29) is 18.0 Å². The van der Waals surface area contributed by atoms with Crippen molar-refractivity contribution in [3.05, 3.63) is 113 Å². The van der Waals surface area contributed by atoms with Gasteiger partial charge in [-0.05, 0) is 42.0 Å². The van der Waals surface area contributed by atoms with E-state index in [1.54, 1.807) is 28.9 Å². The van der Waals surface area contributed by atoms with Crippen molar-refractivity contribution < 1.29 is 9.53 Å². The number of benzene rings is 3. The zero-order valence-electron chi connectivity index (χ0n) is 18.2. The van der Waals surface area contributed by atoms with Crippen molar-refractivity contribution in [1.29, 1.82) is 0 Å². The Bertz CT molecular complexity index is 1480. The van der Waals surface area contributed by atoms with Crippen molar-refractivity contribution in [3.8, 4) is 11.4 Å². The first-order valence-corrected chi connectivity index (χ1v) is 10.7. The zero-order chi connectivity index (χ0) is 23.3. The normalized spacial score (nSPS) is 10.8. The van der Waals surface area contributed by atoms with Crippen LogP contribution in [0.15, 0.2) is 102 Å². The van der Waals surface area contributed by atoms with E-state index in [1.807, 2.05) is 60.7 Å². The fourth-order valence-corrected chi connectivity index (χ4v) is 3.55. The second-order valence-electron chi connectivity index (χ2n) is 7.65. The highest BCUT2D eigenvalue weighted by atomic mass is 16.5. The van der Waals surface area contributed by atoms with Gasteiger partial charge in [0.15, 0.2) is 5.65 Å². The summed E-state index contributed by atoms with van der Waals surface area (Å²) in [7, 11) is 0. The first-order valence-electron chi connectivity index (χ1n) is 10.7. The molecule has 0 unspecified atom stereocenters. The molecule has 2 aromatic heterocycles. The molecule has 0 radical (unpaired) electrons. The molecule has 0 atom stereocenters. The Morgan fingerprint density at radius 1 is 0.912 bits per heavy atom. The van der Waals surface area contributed by atoms with Gasteiger partial charge < -0.3 is 10.1 Å². The number of aromatic nitrogens is 4. The molecule has 1 N–H and O–H groups in total. The van der Waals surface area contributed by atoms with Gasteiger partial charge in [-0.15, -0.1) is 0 Å². The highest BCUT2D eigenvalue weighted by Crippen LogP contribution is 2.17. The van der Waals surface area contributed by atoms with Crippen molar-refractivity contribution in [1.82, 2.24) is 19.3 Å². The zero-order valence-corrected chi connectivity index (χ0v) is 18.2. The van der Waals surface area contributed by atoms with E-state index in [0.717, 1.165) is 11.3 Å². The maximum absolute atomic E-state index is 12.9. The predicted molar refractivity (Wildman–Crippen MR) is 129 cm³/mol. The average molecular weight is 451 g/mol. The van der Waals surface area contributed by atoms with Crippen molar-refractivity contribution >= 4 is 22.6 Å². The number of anilines is 1. The monoisotopic (exact) mass is 451 g/mol. The highest BCUT2D eigenvalue weighted by Gasteiger charge is 2.13. The van der Waals surface area contributed by atoms with Crippen molar-refractivity contribution in [3.63, 3.8) is 0 Å². The van der Waals surface area contributed by atoms with Crippen LogP contribution in [0.5, 0.6) is 5.75 Å². The maximum Gasteiger partial charge on any atom is 0.264 e. The molecule has 0 aliphatic carbocycles. The summed E-state index contributed by atoms with van der Waals surface area (Å²) in [5.74, 6) is 0.361. The van der Waals surface area contributed by atoms with E-state index in [0.29, 0.717) is 29.1 Å². The van der Waals surface area contributed by atoms with Gasteiger partial charge in [-0.25, -0.2) is 9.67 Å². The first-order chi connectivity index (χ1) is 16.7. The second-order valence-corrected chi connectivity index (χ2v) is 7.65. The lowest BCUT2D eigenvalue weighted by molar-refractivity contribution is -0.116.